The molecule has 8 heteroatoms. The van der Waals surface area contributed by atoms with Crippen LogP contribution < -0.4 is 11.1 Å². The number of ether oxygens (including phenoxy) is 1. The number of likely N-dealkylation sites (tertiary alicyclic amines) is 1. The third-order valence-corrected chi connectivity index (χ3v) is 8.16. The number of H-pyrrole nitrogens is 1. The molecule has 2 atom stereocenters. The van der Waals surface area contributed by atoms with E-state index in [1.165, 1.54) is 11.1 Å². The molecule has 3 aromatic carbocycles. The summed E-state index contributed by atoms with van der Waals surface area (Å²) in [7, 11) is 0. The van der Waals surface area contributed by atoms with Crippen LogP contribution in [0.5, 0.6) is 0 Å². The molecule has 0 unspecified atom stereocenters. The lowest BCUT2D eigenvalue weighted by Crippen LogP contribution is -2.49. The number of imidazole rings is 1. The first-order valence-corrected chi connectivity index (χ1v) is 14.4. The third-order valence-electron chi connectivity index (χ3n) is 8.16. The van der Waals surface area contributed by atoms with Crippen LogP contribution in [0.15, 0.2) is 85.1 Å². The van der Waals surface area contributed by atoms with E-state index in [1.807, 2.05) is 65.7 Å². The van der Waals surface area contributed by atoms with Gasteiger partial charge in [0.25, 0.3) is 0 Å². The van der Waals surface area contributed by atoms with E-state index in [0.29, 0.717) is 25.9 Å². The predicted molar refractivity (Wildman–Crippen MR) is 158 cm³/mol. The minimum absolute atomic E-state index is 0.0490. The maximum absolute atomic E-state index is 13.8. The van der Waals surface area contributed by atoms with E-state index in [1.54, 1.807) is 0 Å². The van der Waals surface area contributed by atoms with Crippen molar-refractivity contribution in [3.8, 4) is 22.4 Å². The van der Waals surface area contributed by atoms with Gasteiger partial charge in [-0.25, -0.2) is 9.78 Å². The van der Waals surface area contributed by atoms with Crippen LogP contribution in [0.4, 0.5) is 4.79 Å². The van der Waals surface area contributed by atoms with Crippen molar-refractivity contribution >= 4 is 12.0 Å². The number of fused-ring (bicyclic) bond motifs is 3. The number of aromatic nitrogens is 2. The minimum atomic E-state index is -0.724. The molecule has 2 amide bonds. The molecule has 0 radical (unpaired) electrons. The SMILES string of the molecule is NCCC[C@H](NC(=O)OCC1c2ccccc2-c2ccccc21)C(=O)N1CCC[C@H]1c1ncc(-c2ccccc2)[nH]1. The summed E-state index contributed by atoms with van der Waals surface area (Å²) in [6.45, 7) is 1.23. The van der Waals surface area contributed by atoms with Gasteiger partial charge in [0.15, 0.2) is 0 Å². The Morgan fingerprint density at radius 2 is 1.68 bits per heavy atom. The van der Waals surface area contributed by atoms with E-state index in [0.717, 1.165) is 41.1 Å². The number of nitrogens with zero attached hydrogens (tertiary/aromatic N) is 2. The third kappa shape index (κ3) is 5.47. The largest absolute Gasteiger partial charge is 0.449 e. The van der Waals surface area contributed by atoms with Crippen molar-refractivity contribution in [3.63, 3.8) is 0 Å². The summed E-state index contributed by atoms with van der Waals surface area (Å²) in [6, 6.07) is 25.5. The molecule has 0 bridgehead atoms. The van der Waals surface area contributed by atoms with Crippen molar-refractivity contribution in [2.75, 3.05) is 19.7 Å². The number of aromatic amines is 1. The van der Waals surface area contributed by atoms with Crippen molar-refractivity contribution in [1.29, 1.82) is 0 Å². The second-order valence-electron chi connectivity index (χ2n) is 10.7. The van der Waals surface area contributed by atoms with Crippen LogP contribution >= 0.6 is 0 Å². The number of hydrogen-bond donors (Lipinski definition) is 3. The van der Waals surface area contributed by atoms with E-state index in [-0.39, 0.29) is 24.5 Å². The highest BCUT2D eigenvalue weighted by Gasteiger charge is 2.36. The van der Waals surface area contributed by atoms with Crippen LogP contribution in [-0.2, 0) is 9.53 Å². The van der Waals surface area contributed by atoms with E-state index in [4.69, 9.17) is 10.5 Å². The van der Waals surface area contributed by atoms with Crippen LogP contribution in [-0.4, -0.2) is 52.6 Å². The molecule has 41 heavy (non-hydrogen) atoms. The number of nitrogens with two attached hydrogens (primary N) is 1. The Kier molecular flexibility index (Phi) is 7.82. The van der Waals surface area contributed by atoms with Crippen molar-refractivity contribution in [2.24, 2.45) is 5.73 Å². The summed E-state index contributed by atoms with van der Waals surface area (Å²) in [5.41, 5.74) is 12.4. The molecule has 4 N–H and O–H groups in total. The predicted octanol–water partition coefficient (Wildman–Crippen LogP) is 5.39. The fourth-order valence-corrected chi connectivity index (χ4v) is 6.15. The zero-order valence-corrected chi connectivity index (χ0v) is 23.0. The molecule has 1 fully saturated rings. The molecule has 8 nitrogen and oxygen atoms in total. The highest BCUT2D eigenvalue weighted by molar-refractivity contribution is 5.86. The zero-order chi connectivity index (χ0) is 28.2. The number of alkyl carbamates (subject to hydrolysis) is 1. The molecule has 1 aromatic heterocycles. The first-order valence-electron chi connectivity index (χ1n) is 14.4. The number of amides is 2. The van der Waals surface area contributed by atoms with Crippen molar-refractivity contribution in [1.82, 2.24) is 20.2 Å². The highest BCUT2D eigenvalue weighted by Crippen LogP contribution is 2.44. The Morgan fingerprint density at radius 1 is 1.00 bits per heavy atom. The summed E-state index contributed by atoms with van der Waals surface area (Å²) in [5.74, 6) is 0.576. The normalized spacial score (nSPS) is 16.7. The number of nitrogens with one attached hydrogen (secondary N) is 2. The van der Waals surface area contributed by atoms with E-state index >= 15 is 0 Å². The second-order valence-corrected chi connectivity index (χ2v) is 10.7. The van der Waals surface area contributed by atoms with Gasteiger partial charge in [0.1, 0.15) is 18.5 Å². The maximum atomic E-state index is 13.8. The summed E-state index contributed by atoms with van der Waals surface area (Å²) in [6.07, 6.45) is 3.94. The van der Waals surface area contributed by atoms with Crippen LogP contribution in [0, 0.1) is 0 Å². The smallest absolute Gasteiger partial charge is 0.407 e. The molecule has 1 saturated heterocycles. The average Bonchev–Trinajstić information content (AvgIpc) is 3.76. The number of carbonyl (C=O) groups excluding carboxylic acids is 2. The van der Waals surface area contributed by atoms with Crippen molar-refractivity contribution in [3.05, 3.63) is 102 Å². The lowest BCUT2D eigenvalue weighted by Gasteiger charge is -2.28. The quantitative estimate of drug-likeness (QED) is 0.259. The first kappa shape index (κ1) is 26.8. The summed E-state index contributed by atoms with van der Waals surface area (Å²) < 4.78 is 5.76. The van der Waals surface area contributed by atoms with Crippen LogP contribution in [0.1, 0.15) is 54.6 Å². The molecule has 0 saturated carbocycles. The molecule has 0 spiro atoms. The summed E-state index contributed by atoms with van der Waals surface area (Å²) in [4.78, 5) is 36.7. The minimum Gasteiger partial charge on any atom is -0.449 e. The molecule has 1 aliphatic carbocycles. The Balaban J connectivity index is 1.13. The Hall–Kier alpha value is -4.43. The Morgan fingerprint density at radius 3 is 2.39 bits per heavy atom. The van der Waals surface area contributed by atoms with Gasteiger partial charge in [-0.05, 0) is 60.0 Å². The van der Waals surface area contributed by atoms with Crippen molar-refractivity contribution < 1.29 is 14.3 Å². The van der Waals surface area contributed by atoms with Gasteiger partial charge in [0.05, 0.1) is 17.9 Å². The van der Waals surface area contributed by atoms with Crippen LogP contribution in [0.2, 0.25) is 0 Å². The van der Waals surface area contributed by atoms with Gasteiger partial charge in [-0.2, -0.15) is 0 Å². The van der Waals surface area contributed by atoms with Gasteiger partial charge < -0.3 is 25.7 Å². The number of hydrogen-bond acceptors (Lipinski definition) is 5. The lowest BCUT2D eigenvalue weighted by molar-refractivity contribution is -0.134. The second kappa shape index (κ2) is 12.0. The van der Waals surface area contributed by atoms with Crippen molar-refractivity contribution in [2.45, 2.75) is 43.7 Å². The Labute approximate surface area is 239 Å². The molecular weight excluding hydrogens is 514 g/mol. The van der Waals surface area contributed by atoms with E-state index in [9.17, 15) is 9.59 Å². The van der Waals surface area contributed by atoms with E-state index < -0.39 is 12.1 Å². The standard InChI is InChI=1S/C33H35N5O3/c34-18-8-16-28(32(39)38-19-9-17-30(38)31-35-20-29(36-31)22-10-2-1-3-11-22)37-33(40)41-21-27-25-14-6-4-12-23(25)24-13-5-7-15-26(24)27/h1-7,10-15,20,27-28,30H,8-9,16-19,21,34H2,(H,35,36)(H,37,40)/t28-,30-/m0/s1. The molecular formula is C33H35N5O3. The monoisotopic (exact) mass is 549 g/mol. The fraction of sp³-hybridized carbons (Fsp3) is 0.303. The average molecular weight is 550 g/mol. The molecule has 1 aliphatic heterocycles. The van der Waals surface area contributed by atoms with Gasteiger partial charge in [-0.15, -0.1) is 0 Å². The van der Waals surface area contributed by atoms with Gasteiger partial charge in [0, 0.05) is 12.5 Å². The molecule has 2 heterocycles. The molecule has 210 valence electrons. The molecule has 2 aliphatic rings. The number of carbonyl (C=O) groups is 2. The number of rotatable bonds is 9. The zero-order valence-electron chi connectivity index (χ0n) is 23.0. The fourth-order valence-electron chi connectivity index (χ4n) is 6.15. The molecule has 4 aromatic rings. The Bertz CT molecular complexity index is 1470. The van der Waals surface area contributed by atoms with Crippen LogP contribution in [0.3, 0.4) is 0 Å². The highest BCUT2D eigenvalue weighted by atomic mass is 16.5. The van der Waals surface area contributed by atoms with Gasteiger partial charge in [-0.3, -0.25) is 4.79 Å². The van der Waals surface area contributed by atoms with Gasteiger partial charge in [-0.1, -0.05) is 78.9 Å². The van der Waals surface area contributed by atoms with Gasteiger partial charge >= 0.3 is 6.09 Å². The molecule has 6 rings (SSSR count). The van der Waals surface area contributed by atoms with E-state index in [2.05, 4.69) is 39.6 Å². The van der Waals surface area contributed by atoms with Gasteiger partial charge in [0.2, 0.25) is 5.91 Å². The maximum Gasteiger partial charge on any atom is 0.407 e. The number of benzene rings is 3. The van der Waals surface area contributed by atoms with Crippen LogP contribution in [0.25, 0.3) is 22.4 Å². The summed E-state index contributed by atoms with van der Waals surface area (Å²) >= 11 is 0. The lowest BCUT2D eigenvalue weighted by atomic mass is 9.98. The first-order chi connectivity index (χ1) is 20.1. The summed E-state index contributed by atoms with van der Waals surface area (Å²) in [5, 5.41) is 2.86. The topological polar surface area (TPSA) is 113 Å².